The summed E-state index contributed by atoms with van der Waals surface area (Å²) < 4.78 is 4.42. The first-order chi connectivity index (χ1) is 5.09. The average Bonchev–Trinajstić information content (AvgIpc) is 2.34. The second-order valence-corrected chi connectivity index (χ2v) is 6.03. The minimum Gasteiger partial charge on any atom is -0.256 e. The molecule has 4 heteroatoms. The normalized spacial score (nSPS) is 23.5. The first-order valence-corrected chi connectivity index (χ1v) is 5.15. The van der Waals surface area contributed by atoms with Gasteiger partial charge < -0.3 is 0 Å². The van der Waals surface area contributed by atoms with Crippen LogP contribution < -0.4 is 0 Å². The Bertz CT molecular complexity index is 174. The highest BCUT2D eigenvalue weighted by atomic mass is 32.3. The van der Waals surface area contributed by atoms with Crippen molar-refractivity contribution in [3.8, 4) is 0 Å². The molecule has 0 aromatic rings. The van der Waals surface area contributed by atoms with Crippen molar-refractivity contribution in [1.82, 2.24) is 8.61 Å². The maximum absolute atomic E-state index is 4.13. The number of hydrogen-bond acceptors (Lipinski definition) is 3. The fourth-order valence-corrected chi connectivity index (χ4v) is 3.13. The lowest BCUT2D eigenvalue weighted by molar-refractivity contribution is 0.599. The van der Waals surface area contributed by atoms with Crippen molar-refractivity contribution < 1.29 is 0 Å². The van der Waals surface area contributed by atoms with Gasteiger partial charge in [-0.3, -0.25) is 13.6 Å². The Hall–Kier alpha value is -0.320. The minimum atomic E-state index is -1.00. The Morgan fingerprint density at radius 2 is 1.64 bits per heavy atom. The molecule has 0 fully saturated rings. The van der Waals surface area contributed by atoms with E-state index in [0.717, 1.165) is 0 Å². The molecule has 0 aromatic carbocycles. The van der Waals surface area contributed by atoms with Crippen LogP contribution in [0.2, 0.25) is 0 Å². The van der Waals surface area contributed by atoms with Gasteiger partial charge >= 0.3 is 0 Å². The van der Waals surface area contributed by atoms with E-state index in [1.54, 1.807) is 0 Å². The summed E-state index contributed by atoms with van der Waals surface area (Å²) in [5.74, 6) is 0. The third-order valence-electron chi connectivity index (χ3n) is 1.73. The van der Waals surface area contributed by atoms with Crippen molar-refractivity contribution in [2.75, 3.05) is 28.2 Å². The summed E-state index contributed by atoms with van der Waals surface area (Å²) in [5.41, 5.74) is 2.02. The van der Waals surface area contributed by atoms with Gasteiger partial charge in [0.05, 0.1) is 5.55 Å². The van der Waals surface area contributed by atoms with Crippen molar-refractivity contribution in [2.45, 2.75) is 0 Å². The van der Waals surface area contributed by atoms with Gasteiger partial charge in [0.2, 0.25) is 0 Å². The predicted octanol–water partition coefficient (Wildman–Crippen LogP) is 1.26. The molecule has 1 heterocycles. The zero-order chi connectivity index (χ0) is 8.48. The highest BCUT2D eigenvalue weighted by Crippen LogP contribution is 2.52. The van der Waals surface area contributed by atoms with E-state index in [1.165, 1.54) is 0 Å². The monoisotopic (exact) mass is 173 g/mol. The molecular formula is C7H15N3S. The fraction of sp³-hybridized carbons (Fsp3) is 0.571. The van der Waals surface area contributed by atoms with E-state index in [9.17, 15) is 0 Å². The largest absolute Gasteiger partial charge is 0.256 e. The second kappa shape index (κ2) is 2.97. The molecule has 0 bridgehead atoms. The Labute approximate surface area is 70.0 Å². The van der Waals surface area contributed by atoms with Crippen molar-refractivity contribution in [2.24, 2.45) is 4.99 Å². The predicted molar refractivity (Wildman–Crippen MR) is 52.6 cm³/mol. The van der Waals surface area contributed by atoms with E-state index >= 15 is 0 Å². The third kappa shape index (κ3) is 1.34. The summed E-state index contributed by atoms with van der Waals surface area (Å²) in [5, 5.41) is 2.16. The van der Waals surface area contributed by atoms with Crippen LogP contribution in [-0.4, -0.2) is 42.3 Å². The van der Waals surface area contributed by atoms with Gasteiger partial charge in [0, 0.05) is 11.6 Å². The highest BCUT2D eigenvalue weighted by molar-refractivity contribution is 8.42. The summed E-state index contributed by atoms with van der Waals surface area (Å²) in [4.78, 5) is 4.13. The van der Waals surface area contributed by atoms with Gasteiger partial charge in [0.1, 0.15) is 0 Å². The molecule has 11 heavy (non-hydrogen) atoms. The van der Waals surface area contributed by atoms with Crippen molar-refractivity contribution in [1.29, 1.82) is 0 Å². The Balaban J connectivity index is 2.90. The second-order valence-electron chi connectivity index (χ2n) is 2.80. The van der Waals surface area contributed by atoms with Crippen LogP contribution in [0.15, 0.2) is 16.6 Å². The lowest BCUT2D eigenvalue weighted by Crippen LogP contribution is -2.29. The van der Waals surface area contributed by atoms with Gasteiger partial charge in [0.15, 0.2) is 0 Å². The third-order valence-corrected chi connectivity index (χ3v) is 5.03. The molecule has 1 aliphatic rings. The molecule has 1 aliphatic heterocycles. The zero-order valence-corrected chi connectivity index (χ0v) is 8.30. The lowest BCUT2D eigenvalue weighted by atomic mass is 11.1. The molecule has 1 rings (SSSR count). The maximum atomic E-state index is 4.13. The Kier molecular flexibility index (Phi) is 2.37. The average molecular weight is 173 g/mol. The first kappa shape index (κ1) is 8.77. The molecule has 0 saturated carbocycles. The molecule has 0 N–H and O–H groups in total. The minimum absolute atomic E-state index is 1.00. The van der Waals surface area contributed by atoms with E-state index in [2.05, 4.69) is 47.2 Å². The Morgan fingerprint density at radius 1 is 1.09 bits per heavy atom. The van der Waals surface area contributed by atoms with Crippen molar-refractivity contribution in [3.05, 3.63) is 11.6 Å². The number of hydrogen-bond donors (Lipinski definition) is 0. The van der Waals surface area contributed by atoms with E-state index in [-0.39, 0.29) is 0 Å². The number of rotatable bonds is 2. The van der Waals surface area contributed by atoms with Crippen LogP contribution in [0.25, 0.3) is 0 Å². The molecule has 0 saturated heterocycles. The highest BCUT2D eigenvalue weighted by Gasteiger charge is 2.26. The van der Waals surface area contributed by atoms with Gasteiger partial charge in [-0.15, -0.1) is 0 Å². The molecular weight excluding hydrogens is 158 g/mol. The van der Waals surface area contributed by atoms with E-state index in [0.29, 0.717) is 0 Å². The van der Waals surface area contributed by atoms with Crippen molar-refractivity contribution >= 4 is 15.9 Å². The summed E-state index contributed by atoms with van der Waals surface area (Å²) in [6.07, 6.45) is 1.87. The number of nitrogens with zero attached hydrogens (tertiary/aromatic N) is 3. The van der Waals surface area contributed by atoms with Crippen LogP contribution in [-0.2, 0) is 0 Å². The van der Waals surface area contributed by atoms with E-state index in [1.807, 2.05) is 11.7 Å². The summed E-state index contributed by atoms with van der Waals surface area (Å²) >= 11 is 0. The van der Waals surface area contributed by atoms with Gasteiger partial charge in [-0.1, -0.05) is 10.4 Å². The Morgan fingerprint density at radius 3 is 1.82 bits per heavy atom. The first-order valence-electron chi connectivity index (χ1n) is 3.48. The van der Waals surface area contributed by atoms with Crippen molar-refractivity contribution in [3.63, 3.8) is 0 Å². The molecule has 0 radical (unpaired) electrons. The molecule has 0 unspecified atom stereocenters. The summed E-state index contributed by atoms with van der Waals surface area (Å²) in [7, 11) is 7.32. The molecule has 0 atom stereocenters. The standard InChI is InChI=1S/C7H15N3S/c1-9(2)11(10(3)4)6-5-8-7-11/h5-7H,1-4H3. The van der Waals surface area contributed by atoms with Gasteiger partial charge in [0.25, 0.3) is 0 Å². The molecule has 3 nitrogen and oxygen atoms in total. The topological polar surface area (TPSA) is 18.8 Å². The van der Waals surface area contributed by atoms with Crippen LogP contribution in [0.5, 0.6) is 0 Å². The molecule has 64 valence electrons. The van der Waals surface area contributed by atoms with Crippen LogP contribution in [0.4, 0.5) is 0 Å². The maximum Gasteiger partial charge on any atom is 0.0718 e. The molecule has 0 aliphatic carbocycles. The lowest BCUT2D eigenvalue weighted by Gasteiger charge is -2.42. The fourth-order valence-electron chi connectivity index (χ4n) is 1.04. The smallest absolute Gasteiger partial charge is 0.0718 e. The van der Waals surface area contributed by atoms with Crippen LogP contribution >= 0.6 is 10.4 Å². The van der Waals surface area contributed by atoms with Gasteiger partial charge in [-0.05, 0) is 28.2 Å². The van der Waals surface area contributed by atoms with Crippen LogP contribution in [0.1, 0.15) is 0 Å². The molecule has 0 spiro atoms. The SMILES string of the molecule is CN(C)S1(N(C)C)C=CN=C1. The molecule has 0 amide bonds. The number of aliphatic imine (C=N–C) groups is 1. The van der Waals surface area contributed by atoms with Crippen LogP contribution in [0.3, 0.4) is 0 Å². The van der Waals surface area contributed by atoms with Crippen LogP contribution in [0, 0.1) is 0 Å². The zero-order valence-electron chi connectivity index (χ0n) is 7.48. The summed E-state index contributed by atoms with van der Waals surface area (Å²) in [6, 6.07) is 0. The van der Waals surface area contributed by atoms with Gasteiger partial charge in [-0.25, -0.2) is 0 Å². The van der Waals surface area contributed by atoms with Gasteiger partial charge in [-0.2, -0.15) is 0 Å². The molecule has 0 aromatic heterocycles. The van der Waals surface area contributed by atoms with E-state index < -0.39 is 10.4 Å². The van der Waals surface area contributed by atoms with E-state index in [4.69, 9.17) is 0 Å². The summed E-state index contributed by atoms with van der Waals surface area (Å²) in [6.45, 7) is 0. The quantitative estimate of drug-likeness (QED) is 0.626.